The molecule has 2 heterocycles. The third kappa shape index (κ3) is 3.95. The zero-order valence-electron chi connectivity index (χ0n) is 14.1. The van der Waals surface area contributed by atoms with Crippen LogP contribution in [0.15, 0.2) is 18.3 Å². The van der Waals surface area contributed by atoms with E-state index in [1.165, 1.54) is 6.20 Å². The minimum absolute atomic E-state index is 0. The van der Waals surface area contributed by atoms with Gasteiger partial charge in [-0.15, -0.1) is 0 Å². The van der Waals surface area contributed by atoms with Crippen LogP contribution in [0.1, 0.15) is 17.3 Å². The monoisotopic (exact) mass is 402 g/mol. The number of benzene rings is 1. The van der Waals surface area contributed by atoms with E-state index >= 15 is 0 Å². The second-order valence-electron chi connectivity index (χ2n) is 5.79. The number of esters is 1. The molecular weight excluding hydrogens is 385 g/mol. The predicted octanol–water partition coefficient (Wildman–Crippen LogP) is 0.474. The van der Waals surface area contributed by atoms with Gasteiger partial charge in [0.1, 0.15) is 5.56 Å². The molecule has 0 spiro atoms. The average molecular weight is 404 g/mol. The molecular formula is C17H19Cl3N3O2-. The van der Waals surface area contributed by atoms with E-state index in [4.69, 9.17) is 27.9 Å². The van der Waals surface area contributed by atoms with Gasteiger partial charge in [0.15, 0.2) is 0 Å². The molecule has 25 heavy (non-hydrogen) atoms. The van der Waals surface area contributed by atoms with E-state index < -0.39 is 0 Å². The van der Waals surface area contributed by atoms with E-state index in [-0.39, 0.29) is 18.4 Å². The first-order valence-corrected chi connectivity index (χ1v) is 8.65. The minimum atomic E-state index is -0.369. The van der Waals surface area contributed by atoms with Gasteiger partial charge >= 0.3 is 5.97 Å². The molecule has 0 amide bonds. The molecule has 0 bridgehead atoms. The van der Waals surface area contributed by atoms with Crippen LogP contribution in [0.2, 0.25) is 10.0 Å². The quantitative estimate of drug-likeness (QED) is 0.698. The van der Waals surface area contributed by atoms with E-state index in [0.717, 1.165) is 37.3 Å². The number of hydrogen-bond acceptors (Lipinski definition) is 5. The van der Waals surface area contributed by atoms with Crippen LogP contribution in [0.5, 0.6) is 0 Å². The molecule has 1 aromatic heterocycles. The van der Waals surface area contributed by atoms with Crippen molar-refractivity contribution in [3.63, 3.8) is 0 Å². The third-order valence-electron chi connectivity index (χ3n) is 4.22. The highest BCUT2D eigenvalue weighted by Gasteiger charge is 2.25. The number of pyridine rings is 1. The van der Waals surface area contributed by atoms with Gasteiger partial charge in [-0.3, -0.25) is 4.98 Å². The van der Waals surface area contributed by atoms with Crippen molar-refractivity contribution in [1.29, 1.82) is 0 Å². The molecule has 0 aliphatic carbocycles. The summed E-state index contributed by atoms with van der Waals surface area (Å²) in [6, 6.07) is 3.61. The maximum absolute atomic E-state index is 12.4. The van der Waals surface area contributed by atoms with Gasteiger partial charge in [-0.25, -0.2) is 4.79 Å². The largest absolute Gasteiger partial charge is 1.00 e. The lowest BCUT2D eigenvalue weighted by atomic mass is 10.1. The van der Waals surface area contributed by atoms with Crippen LogP contribution in [-0.4, -0.2) is 55.7 Å². The van der Waals surface area contributed by atoms with Crippen molar-refractivity contribution in [3.8, 4) is 0 Å². The van der Waals surface area contributed by atoms with Gasteiger partial charge in [-0.05, 0) is 26.1 Å². The second-order valence-corrected chi connectivity index (χ2v) is 6.57. The maximum atomic E-state index is 12.4. The van der Waals surface area contributed by atoms with Crippen LogP contribution >= 0.6 is 23.2 Å². The van der Waals surface area contributed by atoms with Crippen LogP contribution in [-0.2, 0) is 4.74 Å². The van der Waals surface area contributed by atoms with Crippen molar-refractivity contribution in [2.24, 2.45) is 0 Å². The molecule has 1 fully saturated rings. The van der Waals surface area contributed by atoms with Crippen molar-refractivity contribution in [3.05, 3.63) is 33.9 Å². The number of hydrogen-bond donors (Lipinski definition) is 0. The lowest BCUT2D eigenvalue weighted by molar-refractivity contribution is -0.0000229. The predicted molar refractivity (Wildman–Crippen MR) is 97.4 cm³/mol. The number of rotatable bonds is 3. The van der Waals surface area contributed by atoms with Gasteiger partial charge in [0.2, 0.25) is 0 Å². The zero-order valence-corrected chi connectivity index (χ0v) is 16.3. The van der Waals surface area contributed by atoms with E-state index in [0.29, 0.717) is 27.7 Å². The average Bonchev–Trinajstić information content (AvgIpc) is 2.58. The van der Waals surface area contributed by atoms with Crippen LogP contribution in [0.4, 0.5) is 5.69 Å². The van der Waals surface area contributed by atoms with Crippen LogP contribution in [0.3, 0.4) is 0 Å². The molecule has 1 aliphatic heterocycles. The number of likely N-dealkylation sites (N-methyl/N-ethyl adjacent to an activating group) is 1. The van der Waals surface area contributed by atoms with Crippen molar-refractivity contribution in [2.75, 3.05) is 44.7 Å². The van der Waals surface area contributed by atoms with Crippen LogP contribution in [0, 0.1) is 0 Å². The first kappa shape index (κ1) is 20.0. The van der Waals surface area contributed by atoms with Crippen LogP contribution < -0.4 is 17.3 Å². The van der Waals surface area contributed by atoms with Gasteiger partial charge in [0, 0.05) is 37.8 Å². The number of ether oxygens (including phenoxy) is 1. The Kier molecular flexibility index (Phi) is 6.74. The Morgan fingerprint density at radius 2 is 1.92 bits per heavy atom. The molecule has 8 heteroatoms. The summed E-state index contributed by atoms with van der Waals surface area (Å²) in [7, 11) is 2.09. The summed E-state index contributed by atoms with van der Waals surface area (Å²) in [5.74, 6) is -0.369. The van der Waals surface area contributed by atoms with Crippen LogP contribution in [0.25, 0.3) is 10.9 Å². The van der Waals surface area contributed by atoms with E-state index in [1.807, 2.05) is 6.07 Å². The van der Waals surface area contributed by atoms with Gasteiger partial charge in [-0.1, -0.05) is 23.2 Å². The van der Waals surface area contributed by atoms with E-state index in [2.05, 4.69) is 21.8 Å². The van der Waals surface area contributed by atoms with Crippen molar-refractivity contribution >= 4 is 45.8 Å². The molecule has 0 saturated carbocycles. The Balaban J connectivity index is 0.00000225. The highest BCUT2D eigenvalue weighted by Crippen LogP contribution is 2.37. The Hall–Kier alpha value is -1.27. The number of piperazine rings is 1. The molecule has 0 atom stereocenters. The van der Waals surface area contributed by atoms with Gasteiger partial charge < -0.3 is 26.9 Å². The summed E-state index contributed by atoms with van der Waals surface area (Å²) < 4.78 is 5.21. The minimum Gasteiger partial charge on any atom is -1.00 e. The molecule has 1 aliphatic rings. The lowest BCUT2D eigenvalue weighted by Gasteiger charge is -2.35. The first-order valence-electron chi connectivity index (χ1n) is 7.90. The molecule has 3 rings (SSSR count). The topological polar surface area (TPSA) is 45.7 Å². The summed E-state index contributed by atoms with van der Waals surface area (Å²) in [5, 5.41) is 1.67. The van der Waals surface area contributed by atoms with Crippen molar-refractivity contribution in [2.45, 2.75) is 6.92 Å². The van der Waals surface area contributed by atoms with Gasteiger partial charge in [-0.2, -0.15) is 0 Å². The molecule has 136 valence electrons. The Labute approximate surface area is 163 Å². The SMILES string of the molecule is CCOC(=O)c1cnc2c(Cl)c(Cl)ccc2c1N1CCN(C)CC1.[Cl-]. The van der Waals surface area contributed by atoms with E-state index in [9.17, 15) is 4.79 Å². The molecule has 1 saturated heterocycles. The molecule has 1 aromatic carbocycles. The molecule has 2 aromatic rings. The zero-order chi connectivity index (χ0) is 17.3. The summed E-state index contributed by atoms with van der Waals surface area (Å²) in [4.78, 5) is 21.2. The number of fused-ring (bicyclic) bond motifs is 1. The Morgan fingerprint density at radius 3 is 2.56 bits per heavy atom. The Bertz CT molecular complexity index is 777. The second kappa shape index (κ2) is 8.41. The Morgan fingerprint density at radius 1 is 1.24 bits per heavy atom. The normalized spacial score (nSPS) is 15.1. The number of nitrogens with zero attached hydrogens (tertiary/aromatic N) is 3. The molecule has 0 unspecified atom stereocenters. The van der Waals surface area contributed by atoms with E-state index in [1.54, 1.807) is 13.0 Å². The third-order valence-corrected chi connectivity index (χ3v) is 5.01. The van der Waals surface area contributed by atoms with Crippen molar-refractivity contribution < 1.29 is 21.9 Å². The standard InChI is InChI=1S/C17H19Cl2N3O2.ClH/c1-3-24-17(23)12-10-20-15-11(4-5-13(18)14(15)19)16(12)22-8-6-21(2)7-9-22;/h4-5,10H,3,6-9H2,1-2H3;1H/p-1. The summed E-state index contributed by atoms with van der Waals surface area (Å²) in [6.07, 6.45) is 1.54. The fourth-order valence-corrected chi connectivity index (χ4v) is 3.29. The summed E-state index contributed by atoms with van der Waals surface area (Å²) in [6.45, 7) is 5.60. The number of anilines is 1. The van der Waals surface area contributed by atoms with Gasteiger partial charge in [0.05, 0.1) is 27.9 Å². The van der Waals surface area contributed by atoms with Gasteiger partial charge in [0.25, 0.3) is 0 Å². The molecule has 0 radical (unpaired) electrons. The number of halogens is 3. The maximum Gasteiger partial charge on any atom is 0.341 e. The highest BCUT2D eigenvalue weighted by atomic mass is 35.5. The van der Waals surface area contributed by atoms with Crippen molar-refractivity contribution in [1.82, 2.24) is 9.88 Å². The smallest absolute Gasteiger partial charge is 0.341 e. The summed E-state index contributed by atoms with van der Waals surface area (Å²) >= 11 is 12.4. The summed E-state index contributed by atoms with van der Waals surface area (Å²) in [5.41, 5.74) is 1.89. The fraction of sp³-hybridized carbons (Fsp3) is 0.412. The molecule has 5 nitrogen and oxygen atoms in total. The number of carbonyl (C=O) groups is 1. The number of aromatic nitrogens is 1. The first-order chi connectivity index (χ1) is 11.5. The fourth-order valence-electron chi connectivity index (χ4n) is 2.92. The number of carbonyl (C=O) groups excluding carboxylic acids is 1. The lowest BCUT2D eigenvalue weighted by Crippen LogP contribution is -3.00. The highest BCUT2D eigenvalue weighted by molar-refractivity contribution is 6.45. The molecule has 0 N–H and O–H groups in total.